The highest BCUT2D eigenvalue weighted by molar-refractivity contribution is 5.87. The molecule has 90 valence electrons. The van der Waals surface area contributed by atoms with Crippen LogP contribution in [0.25, 0.3) is 11.0 Å². The van der Waals surface area contributed by atoms with Crippen molar-refractivity contribution < 1.29 is 0 Å². The Balaban J connectivity index is 2.64. The standard InChI is InChI=1S/C12H17N5/c1-3-4-7(2)8-5-6-15-10-9(8)16-12(14)17-11(10)13/h5-7H,3-4H2,1-2H3,(H4,13,14,16,17)/t7-/m0/s1. The van der Waals surface area contributed by atoms with Crippen molar-refractivity contribution in [1.82, 2.24) is 15.0 Å². The summed E-state index contributed by atoms with van der Waals surface area (Å²) in [6.07, 6.45) is 3.98. The third-order valence-electron chi connectivity index (χ3n) is 2.91. The largest absolute Gasteiger partial charge is 0.382 e. The molecule has 5 heteroatoms. The van der Waals surface area contributed by atoms with E-state index in [2.05, 4.69) is 28.8 Å². The molecule has 2 rings (SSSR count). The molecular weight excluding hydrogens is 214 g/mol. The number of hydrogen-bond donors (Lipinski definition) is 2. The fourth-order valence-electron chi connectivity index (χ4n) is 2.08. The molecule has 0 bridgehead atoms. The summed E-state index contributed by atoms with van der Waals surface area (Å²) in [6, 6.07) is 1.98. The van der Waals surface area contributed by atoms with E-state index < -0.39 is 0 Å². The first-order valence-corrected chi connectivity index (χ1v) is 5.81. The first kappa shape index (κ1) is 11.6. The summed E-state index contributed by atoms with van der Waals surface area (Å²) in [5, 5.41) is 0. The van der Waals surface area contributed by atoms with Gasteiger partial charge in [0.1, 0.15) is 5.52 Å². The predicted molar refractivity (Wildman–Crippen MR) is 69.5 cm³/mol. The van der Waals surface area contributed by atoms with Gasteiger partial charge in [-0.1, -0.05) is 20.3 Å². The SMILES string of the molecule is CCC[C@H](C)c1ccnc2c(N)nc(N)nc12. The van der Waals surface area contributed by atoms with Crippen LogP contribution < -0.4 is 11.5 Å². The van der Waals surface area contributed by atoms with Crippen molar-refractivity contribution >= 4 is 22.8 Å². The molecule has 0 aromatic carbocycles. The Morgan fingerprint density at radius 3 is 2.71 bits per heavy atom. The normalized spacial score (nSPS) is 12.8. The van der Waals surface area contributed by atoms with Crippen LogP contribution in [0, 0.1) is 0 Å². The molecule has 0 radical (unpaired) electrons. The number of rotatable bonds is 3. The Labute approximate surface area is 100 Å². The van der Waals surface area contributed by atoms with Crippen LogP contribution in [0.15, 0.2) is 12.3 Å². The van der Waals surface area contributed by atoms with Crippen LogP contribution >= 0.6 is 0 Å². The van der Waals surface area contributed by atoms with Crippen LogP contribution in [-0.4, -0.2) is 15.0 Å². The molecule has 0 fully saturated rings. The number of fused-ring (bicyclic) bond motifs is 1. The lowest BCUT2D eigenvalue weighted by atomic mass is 9.96. The van der Waals surface area contributed by atoms with Crippen molar-refractivity contribution in [1.29, 1.82) is 0 Å². The van der Waals surface area contributed by atoms with Gasteiger partial charge in [-0.25, -0.2) is 4.98 Å². The van der Waals surface area contributed by atoms with E-state index in [4.69, 9.17) is 11.5 Å². The maximum absolute atomic E-state index is 5.81. The topological polar surface area (TPSA) is 90.7 Å². The lowest BCUT2D eigenvalue weighted by Crippen LogP contribution is -2.05. The third kappa shape index (κ3) is 2.13. The van der Waals surface area contributed by atoms with Crippen LogP contribution in [-0.2, 0) is 0 Å². The molecule has 1 atom stereocenters. The zero-order valence-corrected chi connectivity index (χ0v) is 10.1. The van der Waals surface area contributed by atoms with E-state index in [0.29, 0.717) is 17.3 Å². The number of hydrogen-bond acceptors (Lipinski definition) is 5. The zero-order valence-electron chi connectivity index (χ0n) is 10.1. The number of nitrogens with zero attached hydrogens (tertiary/aromatic N) is 3. The van der Waals surface area contributed by atoms with Crippen molar-refractivity contribution in [2.75, 3.05) is 11.5 Å². The van der Waals surface area contributed by atoms with Crippen molar-refractivity contribution in [3.63, 3.8) is 0 Å². The molecule has 0 amide bonds. The van der Waals surface area contributed by atoms with Crippen molar-refractivity contribution in [3.8, 4) is 0 Å². The second kappa shape index (κ2) is 4.53. The Bertz CT molecular complexity index is 538. The molecule has 5 nitrogen and oxygen atoms in total. The lowest BCUT2D eigenvalue weighted by Gasteiger charge is -2.13. The minimum Gasteiger partial charge on any atom is -0.382 e. The third-order valence-corrected chi connectivity index (χ3v) is 2.91. The van der Waals surface area contributed by atoms with Crippen LogP contribution in [0.5, 0.6) is 0 Å². The van der Waals surface area contributed by atoms with E-state index in [1.54, 1.807) is 6.20 Å². The molecule has 0 unspecified atom stereocenters. The number of pyridine rings is 1. The summed E-state index contributed by atoms with van der Waals surface area (Å²) < 4.78 is 0. The first-order chi connectivity index (χ1) is 8.13. The summed E-state index contributed by atoms with van der Waals surface area (Å²) in [6.45, 7) is 4.34. The van der Waals surface area contributed by atoms with Gasteiger partial charge in [-0.2, -0.15) is 4.98 Å². The van der Waals surface area contributed by atoms with E-state index in [-0.39, 0.29) is 5.95 Å². The number of anilines is 2. The Morgan fingerprint density at radius 2 is 2.00 bits per heavy atom. The lowest BCUT2D eigenvalue weighted by molar-refractivity contribution is 0.667. The second-order valence-electron chi connectivity index (χ2n) is 4.25. The molecule has 2 aromatic rings. The summed E-state index contributed by atoms with van der Waals surface area (Å²) in [7, 11) is 0. The zero-order chi connectivity index (χ0) is 12.4. The Kier molecular flexibility index (Phi) is 3.08. The smallest absolute Gasteiger partial charge is 0.222 e. The molecule has 2 aromatic heterocycles. The van der Waals surface area contributed by atoms with E-state index in [9.17, 15) is 0 Å². The van der Waals surface area contributed by atoms with Crippen LogP contribution in [0.1, 0.15) is 38.2 Å². The molecule has 4 N–H and O–H groups in total. The van der Waals surface area contributed by atoms with Crippen molar-refractivity contribution in [3.05, 3.63) is 17.8 Å². The molecule has 17 heavy (non-hydrogen) atoms. The highest BCUT2D eigenvalue weighted by atomic mass is 15.0. The maximum atomic E-state index is 5.81. The number of nitrogen functional groups attached to an aromatic ring is 2. The predicted octanol–water partition coefficient (Wildman–Crippen LogP) is 2.09. The average Bonchev–Trinajstić information content (AvgIpc) is 2.28. The Morgan fingerprint density at radius 1 is 1.24 bits per heavy atom. The summed E-state index contributed by atoms with van der Waals surface area (Å²) >= 11 is 0. The summed E-state index contributed by atoms with van der Waals surface area (Å²) in [5.41, 5.74) is 14.0. The fraction of sp³-hybridized carbons (Fsp3) is 0.417. The van der Waals surface area contributed by atoms with Gasteiger partial charge in [0.25, 0.3) is 0 Å². The van der Waals surface area contributed by atoms with Gasteiger partial charge in [0.15, 0.2) is 5.82 Å². The van der Waals surface area contributed by atoms with Gasteiger partial charge in [-0.15, -0.1) is 0 Å². The monoisotopic (exact) mass is 231 g/mol. The molecule has 2 heterocycles. The van der Waals surface area contributed by atoms with Gasteiger partial charge in [0, 0.05) is 6.20 Å². The highest BCUT2D eigenvalue weighted by Crippen LogP contribution is 2.28. The average molecular weight is 231 g/mol. The van der Waals surface area contributed by atoms with Gasteiger partial charge < -0.3 is 11.5 Å². The van der Waals surface area contributed by atoms with Crippen molar-refractivity contribution in [2.45, 2.75) is 32.6 Å². The number of aromatic nitrogens is 3. The van der Waals surface area contributed by atoms with Crippen LogP contribution in [0.4, 0.5) is 11.8 Å². The van der Waals surface area contributed by atoms with Crippen LogP contribution in [0.3, 0.4) is 0 Å². The van der Waals surface area contributed by atoms with Crippen LogP contribution in [0.2, 0.25) is 0 Å². The highest BCUT2D eigenvalue weighted by Gasteiger charge is 2.13. The molecular formula is C12H17N5. The molecule has 0 saturated carbocycles. The Hall–Kier alpha value is -1.91. The molecule has 0 aliphatic rings. The van der Waals surface area contributed by atoms with Gasteiger partial charge in [-0.05, 0) is 24.0 Å². The fourth-order valence-corrected chi connectivity index (χ4v) is 2.08. The van der Waals surface area contributed by atoms with Gasteiger partial charge in [0.05, 0.1) is 5.52 Å². The van der Waals surface area contributed by atoms with Gasteiger partial charge >= 0.3 is 0 Å². The van der Waals surface area contributed by atoms with Gasteiger partial charge in [-0.3, -0.25) is 4.98 Å². The number of nitrogens with two attached hydrogens (primary N) is 2. The van der Waals surface area contributed by atoms with E-state index in [0.717, 1.165) is 23.9 Å². The van der Waals surface area contributed by atoms with Crippen molar-refractivity contribution in [2.24, 2.45) is 0 Å². The van der Waals surface area contributed by atoms with E-state index >= 15 is 0 Å². The summed E-state index contributed by atoms with van der Waals surface area (Å²) in [5.74, 6) is 0.963. The quantitative estimate of drug-likeness (QED) is 0.844. The first-order valence-electron chi connectivity index (χ1n) is 5.81. The molecule has 0 saturated heterocycles. The van der Waals surface area contributed by atoms with Gasteiger partial charge in [0.2, 0.25) is 5.95 Å². The second-order valence-corrected chi connectivity index (χ2v) is 4.25. The van der Waals surface area contributed by atoms with E-state index in [1.807, 2.05) is 6.07 Å². The minimum atomic E-state index is 0.202. The summed E-state index contributed by atoms with van der Waals surface area (Å²) in [4.78, 5) is 12.4. The minimum absolute atomic E-state index is 0.202. The maximum Gasteiger partial charge on any atom is 0.222 e. The molecule has 0 aliphatic carbocycles. The molecule has 0 aliphatic heterocycles. The van der Waals surface area contributed by atoms with E-state index in [1.165, 1.54) is 0 Å². The molecule has 0 spiro atoms.